The molecule has 7 heteroatoms. The van der Waals surface area contributed by atoms with Crippen molar-refractivity contribution in [3.63, 3.8) is 0 Å². The molecule has 130 valence electrons. The fourth-order valence-electron chi connectivity index (χ4n) is 3.17. The number of aromatic nitrogens is 4. The number of likely N-dealkylation sites (N-methyl/N-ethyl adjacent to an activating group) is 1. The van der Waals surface area contributed by atoms with Crippen LogP contribution in [0.5, 0.6) is 0 Å². The number of rotatable bonds is 3. The molecule has 0 saturated carbocycles. The van der Waals surface area contributed by atoms with Gasteiger partial charge in [-0.3, -0.25) is 0 Å². The van der Waals surface area contributed by atoms with E-state index in [0.717, 1.165) is 48.6 Å². The van der Waals surface area contributed by atoms with Crippen LogP contribution >= 0.6 is 0 Å². The molecule has 4 heterocycles. The first-order chi connectivity index (χ1) is 12.1. The van der Waals surface area contributed by atoms with E-state index in [1.165, 1.54) is 5.69 Å². The van der Waals surface area contributed by atoms with Gasteiger partial charge in [0, 0.05) is 56.6 Å². The highest BCUT2D eigenvalue weighted by Crippen LogP contribution is 2.22. The SMILES string of the molecule is Cc1cc2cnc(Nc3ncc(N4CCN(C)CC4)cn3)cc2n1C. The lowest BCUT2D eigenvalue weighted by molar-refractivity contribution is 0.312. The zero-order chi connectivity index (χ0) is 17.4. The number of hydrogen-bond donors (Lipinski definition) is 1. The molecule has 0 amide bonds. The number of hydrogen-bond acceptors (Lipinski definition) is 6. The van der Waals surface area contributed by atoms with Crippen LogP contribution in [0.1, 0.15) is 5.69 Å². The van der Waals surface area contributed by atoms with Crippen molar-refractivity contribution in [1.29, 1.82) is 0 Å². The molecular weight excluding hydrogens is 314 g/mol. The van der Waals surface area contributed by atoms with E-state index in [9.17, 15) is 0 Å². The van der Waals surface area contributed by atoms with E-state index < -0.39 is 0 Å². The van der Waals surface area contributed by atoms with Crippen LogP contribution < -0.4 is 10.2 Å². The van der Waals surface area contributed by atoms with Crippen molar-refractivity contribution in [3.8, 4) is 0 Å². The molecular formula is C18H23N7. The van der Waals surface area contributed by atoms with Gasteiger partial charge in [0.05, 0.1) is 23.6 Å². The van der Waals surface area contributed by atoms with Gasteiger partial charge in [-0.2, -0.15) is 0 Å². The van der Waals surface area contributed by atoms with Gasteiger partial charge >= 0.3 is 0 Å². The van der Waals surface area contributed by atoms with Gasteiger partial charge < -0.3 is 19.7 Å². The Labute approximate surface area is 147 Å². The minimum absolute atomic E-state index is 0.565. The summed E-state index contributed by atoms with van der Waals surface area (Å²) in [6.45, 7) is 6.25. The highest BCUT2D eigenvalue weighted by Gasteiger charge is 2.15. The zero-order valence-corrected chi connectivity index (χ0v) is 14.9. The van der Waals surface area contributed by atoms with E-state index in [2.05, 4.69) is 61.7 Å². The van der Waals surface area contributed by atoms with Crippen LogP contribution in [-0.4, -0.2) is 57.6 Å². The van der Waals surface area contributed by atoms with E-state index in [1.807, 2.05) is 24.7 Å². The number of aryl methyl sites for hydroxylation is 2. The van der Waals surface area contributed by atoms with E-state index in [4.69, 9.17) is 0 Å². The van der Waals surface area contributed by atoms with Gasteiger partial charge in [0.2, 0.25) is 5.95 Å². The predicted octanol–water partition coefficient (Wildman–Crippen LogP) is 2.17. The second-order valence-electron chi connectivity index (χ2n) is 6.65. The number of anilines is 3. The van der Waals surface area contributed by atoms with Crippen molar-refractivity contribution < 1.29 is 0 Å². The third-order valence-corrected chi connectivity index (χ3v) is 4.91. The maximum absolute atomic E-state index is 4.46. The lowest BCUT2D eigenvalue weighted by Gasteiger charge is -2.33. The van der Waals surface area contributed by atoms with Gasteiger partial charge in [0.25, 0.3) is 0 Å². The Morgan fingerprint density at radius 2 is 1.64 bits per heavy atom. The lowest BCUT2D eigenvalue weighted by Crippen LogP contribution is -2.44. The number of piperazine rings is 1. The van der Waals surface area contributed by atoms with Gasteiger partial charge in [-0.25, -0.2) is 15.0 Å². The first kappa shape index (κ1) is 15.8. The summed E-state index contributed by atoms with van der Waals surface area (Å²) in [5.41, 5.74) is 3.42. The molecule has 1 fully saturated rings. The molecule has 1 aliphatic rings. The molecule has 1 aliphatic heterocycles. The fourth-order valence-corrected chi connectivity index (χ4v) is 3.17. The van der Waals surface area contributed by atoms with Gasteiger partial charge in [-0.05, 0) is 20.0 Å². The van der Waals surface area contributed by atoms with Crippen LogP contribution in [0.2, 0.25) is 0 Å². The Kier molecular flexibility index (Phi) is 4.01. The van der Waals surface area contributed by atoms with Crippen LogP contribution in [-0.2, 0) is 7.05 Å². The molecule has 0 radical (unpaired) electrons. The van der Waals surface area contributed by atoms with Crippen LogP contribution in [0.4, 0.5) is 17.5 Å². The van der Waals surface area contributed by atoms with Gasteiger partial charge in [0.15, 0.2) is 0 Å². The van der Waals surface area contributed by atoms with Crippen molar-refractivity contribution >= 4 is 28.4 Å². The van der Waals surface area contributed by atoms with Crippen LogP contribution in [0.3, 0.4) is 0 Å². The quantitative estimate of drug-likeness (QED) is 0.790. The van der Waals surface area contributed by atoms with Crippen molar-refractivity contribution in [1.82, 2.24) is 24.4 Å². The Bertz CT molecular complexity index is 876. The first-order valence-electron chi connectivity index (χ1n) is 8.55. The predicted molar refractivity (Wildman–Crippen MR) is 100 cm³/mol. The Morgan fingerprint density at radius 3 is 2.36 bits per heavy atom. The summed E-state index contributed by atoms with van der Waals surface area (Å²) in [7, 11) is 4.21. The molecule has 0 atom stereocenters. The third-order valence-electron chi connectivity index (χ3n) is 4.91. The Hall–Kier alpha value is -2.67. The minimum atomic E-state index is 0.565. The molecule has 4 rings (SSSR count). The number of fused-ring (bicyclic) bond motifs is 1. The number of nitrogens with zero attached hydrogens (tertiary/aromatic N) is 6. The summed E-state index contributed by atoms with van der Waals surface area (Å²) in [4.78, 5) is 18.0. The molecule has 1 N–H and O–H groups in total. The summed E-state index contributed by atoms with van der Waals surface area (Å²) in [6, 6.07) is 4.16. The highest BCUT2D eigenvalue weighted by molar-refractivity contribution is 5.83. The van der Waals surface area contributed by atoms with Gasteiger partial charge in [-0.15, -0.1) is 0 Å². The summed E-state index contributed by atoms with van der Waals surface area (Å²) in [5.74, 6) is 1.32. The van der Waals surface area contributed by atoms with E-state index in [1.54, 1.807) is 0 Å². The normalized spacial score (nSPS) is 15.7. The average molecular weight is 337 g/mol. The first-order valence-corrected chi connectivity index (χ1v) is 8.55. The molecule has 7 nitrogen and oxygen atoms in total. The molecule has 0 bridgehead atoms. The standard InChI is InChI=1S/C18H23N7/c1-13-8-14-10-19-17(9-16(14)24(13)3)22-18-20-11-15(12-21-18)25-6-4-23(2)5-7-25/h8-12H,4-7H2,1-3H3,(H,19,20,21,22). The van der Waals surface area contributed by atoms with Crippen LogP contribution in [0, 0.1) is 6.92 Å². The minimum Gasteiger partial charge on any atom is -0.366 e. The fraction of sp³-hybridized carbons (Fsp3) is 0.389. The van der Waals surface area contributed by atoms with E-state index >= 15 is 0 Å². The smallest absolute Gasteiger partial charge is 0.228 e. The molecule has 0 unspecified atom stereocenters. The highest BCUT2D eigenvalue weighted by atomic mass is 15.3. The number of nitrogens with one attached hydrogen (secondary N) is 1. The van der Waals surface area contributed by atoms with Gasteiger partial charge in [-0.1, -0.05) is 0 Å². The van der Waals surface area contributed by atoms with Crippen molar-refractivity contribution in [2.75, 3.05) is 43.4 Å². The maximum Gasteiger partial charge on any atom is 0.228 e. The van der Waals surface area contributed by atoms with E-state index in [0.29, 0.717) is 5.95 Å². The summed E-state index contributed by atoms with van der Waals surface area (Å²) >= 11 is 0. The van der Waals surface area contributed by atoms with E-state index in [-0.39, 0.29) is 0 Å². The molecule has 0 spiro atoms. The monoisotopic (exact) mass is 337 g/mol. The molecule has 3 aromatic heterocycles. The summed E-state index contributed by atoms with van der Waals surface area (Å²) in [5, 5.41) is 4.33. The molecule has 25 heavy (non-hydrogen) atoms. The third kappa shape index (κ3) is 3.15. The molecule has 0 aromatic carbocycles. The van der Waals surface area contributed by atoms with Crippen molar-refractivity contribution in [3.05, 3.63) is 36.4 Å². The summed E-state index contributed by atoms with van der Waals surface area (Å²) in [6.07, 6.45) is 5.64. The largest absolute Gasteiger partial charge is 0.366 e. The topological polar surface area (TPSA) is 62.1 Å². The lowest BCUT2D eigenvalue weighted by atomic mass is 10.3. The summed E-state index contributed by atoms with van der Waals surface area (Å²) < 4.78 is 2.15. The second kappa shape index (κ2) is 6.33. The maximum atomic E-state index is 4.46. The number of pyridine rings is 1. The molecule has 3 aromatic rings. The van der Waals surface area contributed by atoms with Crippen LogP contribution in [0.15, 0.2) is 30.7 Å². The van der Waals surface area contributed by atoms with Crippen molar-refractivity contribution in [2.24, 2.45) is 7.05 Å². The Morgan fingerprint density at radius 1 is 0.920 bits per heavy atom. The Balaban J connectivity index is 1.50. The molecule has 0 aliphatic carbocycles. The second-order valence-corrected chi connectivity index (χ2v) is 6.65. The van der Waals surface area contributed by atoms with Crippen LogP contribution in [0.25, 0.3) is 10.9 Å². The zero-order valence-electron chi connectivity index (χ0n) is 14.9. The van der Waals surface area contributed by atoms with Crippen molar-refractivity contribution in [2.45, 2.75) is 6.92 Å². The average Bonchev–Trinajstić information content (AvgIpc) is 2.91. The van der Waals surface area contributed by atoms with Gasteiger partial charge in [0.1, 0.15) is 5.82 Å². The molecule has 1 saturated heterocycles.